The number of carbonyl (C=O) groups excluding carboxylic acids is 2. The number of esters is 1. The van der Waals surface area contributed by atoms with Gasteiger partial charge in [-0.3, -0.25) is 4.79 Å². The van der Waals surface area contributed by atoms with Crippen LogP contribution in [0.25, 0.3) is 0 Å². The van der Waals surface area contributed by atoms with E-state index in [0.29, 0.717) is 6.42 Å². The number of nitrogens with one attached hydrogen (secondary N) is 1. The van der Waals surface area contributed by atoms with Crippen molar-refractivity contribution in [3.05, 3.63) is 23.3 Å². The van der Waals surface area contributed by atoms with Gasteiger partial charge in [-0.1, -0.05) is 6.92 Å². The number of nitriles is 1. The highest BCUT2D eigenvalue weighted by Gasteiger charge is 2.31. The number of hydrogen-bond acceptors (Lipinski definition) is 6. The van der Waals surface area contributed by atoms with Crippen LogP contribution in [-0.2, 0) is 16.1 Å². The summed E-state index contributed by atoms with van der Waals surface area (Å²) in [5, 5.41) is 11.5. The molecule has 1 heterocycles. The summed E-state index contributed by atoms with van der Waals surface area (Å²) in [7, 11) is 0. The first-order valence-electron chi connectivity index (χ1n) is 7.29. The minimum absolute atomic E-state index is 0.0308. The van der Waals surface area contributed by atoms with Crippen LogP contribution in [0.5, 0.6) is 0 Å². The third kappa shape index (κ3) is 4.44. The van der Waals surface area contributed by atoms with E-state index in [1.807, 2.05) is 6.07 Å². The van der Waals surface area contributed by atoms with Crippen LogP contribution in [0.1, 0.15) is 55.5 Å². The molecule has 0 bridgehead atoms. The molecule has 0 radical (unpaired) electrons. The van der Waals surface area contributed by atoms with E-state index < -0.39 is 35.0 Å². The van der Waals surface area contributed by atoms with Crippen molar-refractivity contribution in [1.82, 2.24) is 15.3 Å². The molecule has 1 rings (SSSR count). The molecular formula is C15H18F2N4O3. The number of aromatic nitrogens is 2. The molecule has 1 unspecified atom stereocenters. The summed E-state index contributed by atoms with van der Waals surface area (Å²) in [4.78, 5) is 31.0. The van der Waals surface area contributed by atoms with E-state index in [1.165, 1.54) is 6.92 Å². The Bertz CT molecular complexity index is 661. The summed E-state index contributed by atoms with van der Waals surface area (Å²) in [6, 6.07) is 1.90. The maximum atomic E-state index is 13.1. The molecule has 0 aliphatic heterocycles. The Balaban J connectivity index is 2.95. The maximum absolute atomic E-state index is 13.1. The van der Waals surface area contributed by atoms with E-state index in [9.17, 15) is 18.4 Å². The predicted molar refractivity (Wildman–Crippen MR) is 78.8 cm³/mol. The van der Waals surface area contributed by atoms with Gasteiger partial charge < -0.3 is 10.1 Å². The largest absolute Gasteiger partial charge is 0.462 e. The van der Waals surface area contributed by atoms with Crippen LogP contribution in [0.2, 0.25) is 0 Å². The third-order valence-electron chi connectivity index (χ3n) is 3.43. The molecule has 0 spiro atoms. The first-order valence-corrected chi connectivity index (χ1v) is 7.29. The lowest BCUT2D eigenvalue weighted by atomic mass is 9.88. The van der Waals surface area contributed by atoms with E-state index in [4.69, 9.17) is 5.26 Å². The molecule has 0 saturated carbocycles. The molecule has 24 heavy (non-hydrogen) atoms. The van der Waals surface area contributed by atoms with E-state index in [-0.39, 0.29) is 19.0 Å². The van der Waals surface area contributed by atoms with E-state index in [2.05, 4.69) is 20.0 Å². The second-order valence-electron chi connectivity index (χ2n) is 5.09. The number of amides is 1. The highest BCUT2D eigenvalue weighted by molar-refractivity contribution is 5.90. The molecule has 0 aliphatic rings. The fourth-order valence-electron chi connectivity index (χ4n) is 1.70. The van der Waals surface area contributed by atoms with E-state index in [1.54, 1.807) is 13.8 Å². The van der Waals surface area contributed by atoms with Crippen molar-refractivity contribution >= 4 is 11.9 Å². The molecule has 0 fully saturated rings. The second kappa shape index (κ2) is 8.29. The fraction of sp³-hybridized carbons (Fsp3) is 0.533. The normalized spacial score (nSPS) is 13.0. The van der Waals surface area contributed by atoms with Gasteiger partial charge in [0.25, 0.3) is 6.43 Å². The van der Waals surface area contributed by atoms with Crippen LogP contribution in [0.3, 0.4) is 0 Å². The Morgan fingerprint density at radius 1 is 1.46 bits per heavy atom. The molecule has 9 heteroatoms. The third-order valence-corrected chi connectivity index (χ3v) is 3.43. The smallest absolute Gasteiger partial charge is 0.341 e. The van der Waals surface area contributed by atoms with Gasteiger partial charge in [0.1, 0.15) is 22.5 Å². The van der Waals surface area contributed by atoms with Gasteiger partial charge in [0.15, 0.2) is 0 Å². The number of carbonyl (C=O) groups is 2. The van der Waals surface area contributed by atoms with Crippen molar-refractivity contribution in [3.63, 3.8) is 0 Å². The maximum Gasteiger partial charge on any atom is 0.341 e. The van der Waals surface area contributed by atoms with Crippen molar-refractivity contribution in [1.29, 1.82) is 5.26 Å². The Kier molecular flexibility index (Phi) is 6.70. The summed E-state index contributed by atoms with van der Waals surface area (Å²) in [6.07, 6.45) is -1.76. The molecule has 1 aromatic heterocycles. The van der Waals surface area contributed by atoms with Crippen molar-refractivity contribution in [2.24, 2.45) is 5.41 Å². The lowest BCUT2D eigenvalue weighted by Crippen LogP contribution is -2.37. The van der Waals surface area contributed by atoms with Crippen LogP contribution in [0, 0.1) is 16.7 Å². The topological polar surface area (TPSA) is 105 Å². The van der Waals surface area contributed by atoms with Gasteiger partial charge in [-0.25, -0.2) is 23.5 Å². The van der Waals surface area contributed by atoms with Crippen molar-refractivity contribution in [3.8, 4) is 6.07 Å². The zero-order valence-corrected chi connectivity index (χ0v) is 13.6. The van der Waals surface area contributed by atoms with Gasteiger partial charge in [-0.15, -0.1) is 0 Å². The summed E-state index contributed by atoms with van der Waals surface area (Å²) in [6.45, 7) is 4.49. The van der Waals surface area contributed by atoms with Crippen LogP contribution >= 0.6 is 0 Å². The van der Waals surface area contributed by atoms with E-state index in [0.717, 1.165) is 6.20 Å². The summed E-state index contributed by atoms with van der Waals surface area (Å²) in [5.41, 5.74) is -2.40. The van der Waals surface area contributed by atoms with Gasteiger partial charge in [0.2, 0.25) is 5.91 Å². The Labute approximate surface area is 138 Å². The monoisotopic (exact) mass is 340 g/mol. The number of nitrogens with zero attached hydrogens (tertiary/aromatic N) is 3. The molecule has 1 atom stereocenters. The number of ether oxygens (including phenoxy) is 1. The molecule has 1 N–H and O–H groups in total. The van der Waals surface area contributed by atoms with Crippen molar-refractivity contribution in [2.45, 2.75) is 40.2 Å². The standard InChI is InChI=1S/C15H18F2N4O3/c1-4-15(3,8-18)14(23)20-7-10-19-6-9(13(22)24-5-2)11(21-10)12(16)17/h6,12H,4-5,7H2,1-3H3,(H,20,23). The van der Waals surface area contributed by atoms with Gasteiger partial charge in [0.05, 0.1) is 19.2 Å². The lowest BCUT2D eigenvalue weighted by Gasteiger charge is -2.18. The zero-order chi connectivity index (χ0) is 18.3. The molecule has 7 nitrogen and oxygen atoms in total. The van der Waals surface area contributed by atoms with Crippen LogP contribution in [0.15, 0.2) is 6.20 Å². The molecule has 0 aromatic carbocycles. The van der Waals surface area contributed by atoms with Crippen LogP contribution in [-0.4, -0.2) is 28.5 Å². The number of alkyl halides is 2. The summed E-state index contributed by atoms with van der Waals surface area (Å²) < 4.78 is 30.8. The predicted octanol–water partition coefficient (Wildman–Crippen LogP) is 2.15. The van der Waals surface area contributed by atoms with E-state index >= 15 is 0 Å². The van der Waals surface area contributed by atoms with Crippen molar-refractivity contribution < 1.29 is 23.1 Å². The summed E-state index contributed by atoms with van der Waals surface area (Å²) in [5.74, 6) is -1.58. The molecule has 130 valence electrons. The highest BCUT2D eigenvalue weighted by atomic mass is 19.3. The van der Waals surface area contributed by atoms with Gasteiger partial charge >= 0.3 is 5.97 Å². The minimum Gasteiger partial charge on any atom is -0.462 e. The molecule has 1 aromatic rings. The zero-order valence-electron chi connectivity index (χ0n) is 13.6. The Hall–Kier alpha value is -2.63. The number of halogens is 2. The van der Waals surface area contributed by atoms with Crippen LogP contribution in [0.4, 0.5) is 8.78 Å². The first-order chi connectivity index (χ1) is 11.3. The molecular weight excluding hydrogens is 322 g/mol. The Morgan fingerprint density at radius 3 is 2.62 bits per heavy atom. The quantitative estimate of drug-likeness (QED) is 0.763. The SMILES string of the molecule is CCOC(=O)c1cnc(CNC(=O)C(C)(C#N)CC)nc1C(F)F. The molecule has 0 aliphatic carbocycles. The number of hydrogen-bond donors (Lipinski definition) is 1. The summed E-state index contributed by atoms with van der Waals surface area (Å²) >= 11 is 0. The first kappa shape index (κ1) is 19.4. The van der Waals surface area contributed by atoms with Gasteiger partial charge in [-0.05, 0) is 20.3 Å². The molecule has 1 amide bonds. The Morgan fingerprint density at radius 2 is 2.12 bits per heavy atom. The number of rotatable bonds is 7. The van der Waals surface area contributed by atoms with Crippen molar-refractivity contribution in [2.75, 3.05) is 6.61 Å². The van der Waals surface area contributed by atoms with Gasteiger partial charge in [0, 0.05) is 6.20 Å². The van der Waals surface area contributed by atoms with Crippen LogP contribution < -0.4 is 5.32 Å². The fourth-order valence-corrected chi connectivity index (χ4v) is 1.70. The van der Waals surface area contributed by atoms with Gasteiger partial charge in [-0.2, -0.15) is 5.26 Å². The average molecular weight is 340 g/mol. The minimum atomic E-state index is -3.00. The molecule has 0 saturated heterocycles. The average Bonchev–Trinajstić information content (AvgIpc) is 2.58. The second-order valence-corrected chi connectivity index (χ2v) is 5.09. The highest BCUT2D eigenvalue weighted by Crippen LogP contribution is 2.22. The lowest BCUT2D eigenvalue weighted by molar-refractivity contribution is -0.127.